The first kappa shape index (κ1) is 55.0. The summed E-state index contributed by atoms with van der Waals surface area (Å²) in [5, 5.41) is 0. The SMILES string of the molecule is C.C.CC(C)(C)S(=O)Cl.CCN(CC)CC.COC(=O)C1CCC(CS(=O)(=O)C(C)(C)C)CC1.COC(=O)C1CCC(N)CC1.Cl. The van der Waals surface area contributed by atoms with E-state index in [0.29, 0.717) is 6.04 Å². The third-order valence-electron chi connectivity index (χ3n) is 7.90. The lowest BCUT2D eigenvalue weighted by Gasteiger charge is -2.29. The summed E-state index contributed by atoms with van der Waals surface area (Å²) in [5.41, 5.74) is 5.69. The van der Waals surface area contributed by atoms with Crippen LogP contribution in [0.5, 0.6) is 0 Å². The van der Waals surface area contributed by atoms with Crippen molar-refractivity contribution < 1.29 is 31.7 Å². The summed E-state index contributed by atoms with van der Waals surface area (Å²) in [6, 6.07) is 0.302. The van der Waals surface area contributed by atoms with Crippen molar-refractivity contribution in [3.05, 3.63) is 0 Å². The molecule has 0 saturated heterocycles. The predicted octanol–water partition coefficient (Wildman–Crippen LogP) is 7.59. The van der Waals surface area contributed by atoms with Crippen molar-refractivity contribution >= 4 is 54.9 Å². The van der Waals surface area contributed by atoms with E-state index in [0.717, 1.165) is 51.4 Å². The topological polar surface area (TPSA) is 133 Å². The van der Waals surface area contributed by atoms with E-state index in [1.165, 1.54) is 33.9 Å². The first-order valence-corrected chi connectivity index (χ1v) is 19.3. The third kappa shape index (κ3) is 23.8. The van der Waals surface area contributed by atoms with Gasteiger partial charge in [0.2, 0.25) is 0 Å². The number of nitrogens with zero attached hydrogens (tertiary/aromatic N) is 1. The number of carbonyl (C=O) groups excluding carboxylic acids is 2. The summed E-state index contributed by atoms with van der Waals surface area (Å²) in [6.45, 7) is 20.8. The molecule has 9 nitrogen and oxygen atoms in total. The average Bonchev–Trinajstić information content (AvgIpc) is 2.93. The van der Waals surface area contributed by atoms with Gasteiger partial charge in [0.1, 0.15) is 10.0 Å². The summed E-state index contributed by atoms with van der Waals surface area (Å²) < 4.78 is 43.0. The largest absolute Gasteiger partial charge is 0.469 e. The molecule has 0 amide bonds. The van der Waals surface area contributed by atoms with Gasteiger partial charge in [-0.3, -0.25) is 9.59 Å². The van der Waals surface area contributed by atoms with Crippen LogP contribution in [0.3, 0.4) is 0 Å². The van der Waals surface area contributed by atoms with Crippen molar-refractivity contribution in [3.8, 4) is 0 Å². The minimum atomic E-state index is -3.06. The van der Waals surface area contributed by atoms with Gasteiger partial charge in [-0.2, -0.15) is 0 Å². The number of halogens is 2. The van der Waals surface area contributed by atoms with E-state index in [4.69, 9.17) is 21.2 Å². The molecule has 2 aliphatic rings. The molecular formula is C33H72Cl2N2O7S2. The fourth-order valence-electron chi connectivity index (χ4n) is 4.48. The lowest BCUT2D eigenvalue weighted by molar-refractivity contribution is -0.147. The second kappa shape index (κ2) is 27.4. The van der Waals surface area contributed by atoms with Gasteiger partial charge in [0, 0.05) is 6.04 Å². The van der Waals surface area contributed by atoms with E-state index in [1.54, 1.807) is 20.8 Å². The zero-order valence-corrected chi connectivity index (χ0v) is 32.5. The maximum Gasteiger partial charge on any atom is 0.308 e. The summed E-state index contributed by atoms with van der Waals surface area (Å²) >= 11 is 0. The standard InChI is InChI=1S/C13H24O4S.C8H15NO2.C6H15N.C4H9ClOS.2CH4.ClH/c1-13(2,3)18(15,16)9-10-5-7-11(8-6-10)12(14)17-4;1-11-8(10)6-2-4-7(9)5-3-6;1-4-7(5-2)6-3;1-4(2,3)7(5)6;;;/h10-11H,5-9H2,1-4H3;6-7H,2-5,9H2,1H3;4-6H2,1-3H3;1-3H3;2*1H4;1H. The van der Waals surface area contributed by atoms with Gasteiger partial charge in [-0.15, -0.1) is 12.4 Å². The molecule has 2 rings (SSSR count). The smallest absolute Gasteiger partial charge is 0.308 e. The molecule has 2 N–H and O–H groups in total. The monoisotopic (exact) mass is 742 g/mol. The van der Waals surface area contributed by atoms with E-state index >= 15 is 0 Å². The molecule has 0 aromatic carbocycles. The van der Waals surface area contributed by atoms with Crippen molar-refractivity contribution in [2.45, 2.75) is 144 Å². The highest BCUT2D eigenvalue weighted by Gasteiger charge is 2.34. The Morgan fingerprint density at radius 2 is 1.09 bits per heavy atom. The fraction of sp³-hybridized carbons (Fsp3) is 0.939. The molecule has 0 spiro atoms. The van der Waals surface area contributed by atoms with Gasteiger partial charge in [0.15, 0.2) is 9.84 Å². The van der Waals surface area contributed by atoms with Gasteiger partial charge in [0.05, 0.1) is 41.3 Å². The van der Waals surface area contributed by atoms with Crippen LogP contribution in [-0.2, 0) is 38.9 Å². The van der Waals surface area contributed by atoms with Crippen molar-refractivity contribution in [1.29, 1.82) is 0 Å². The molecular weight excluding hydrogens is 671 g/mol. The van der Waals surface area contributed by atoms with Crippen LogP contribution in [0.1, 0.15) is 129 Å². The van der Waals surface area contributed by atoms with Crippen LogP contribution in [0, 0.1) is 17.8 Å². The van der Waals surface area contributed by atoms with Crippen molar-refractivity contribution in [2.75, 3.05) is 39.6 Å². The molecule has 0 aliphatic heterocycles. The Bertz CT molecular complexity index is 898. The molecule has 0 aromatic rings. The number of methoxy groups -OCH3 is 2. The fourth-order valence-corrected chi connectivity index (χ4v) is 5.94. The van der Waals surface area contributed by atoms with E-state index in [2.05, 4.69) is 30.4 Å². The van der Waals surface area contributed by atoms with Crippen LogP contribution >= 0.6 is 23.1 Å². The van der Waals surface area contributed by atoms with Gasteiger partial charge < -0.3 is 20.1 Å². The number of ether oxygens (including phenoxy) is 2. The highest BCUT2D eigenvalue weighted by atomic mass is 35.7. The van der Waals surface area contributed by atoms with Gasteiger partial charge in [-0.25, -0.2) is 12.6 Å². The molecule has 2 aliphatic carbocycles. The van der Waals surface area contributed by atoms with Gasteiger partial charge >= 0.3 is 11.9 Å². The van der Waals surface area contributed by atoms with E-state index in [9.17, 15) is 22.2 Å². The summed E-state index contributed by atoms with van der Waals surface area (Å²) in [7, 11) is 3.80. The van der Waals surface area contributed by atoms with Crippen molar-refractivity contribution in [2.24, 2.45) is 23.5 Å². The van der Waals surface area contributed by atoms with Gasteiger partial charge in [-0.05, 0) is 129 Å². The van der Waals surface area contributed by atoms with Crippen molar-refractivity contribution in [1.82, 2.24) is 4.90 Å². The van der Waals surface area contributed by atoms with Crippen LogP contribution in [0.4, 0.5) is 0 Å². The third-order valence-corrected chi connectivity index (χ3v) is 13.0. The highest BCUT2D eigenvalue weighted by Crippen LogP contribution is 2.32. The zero-order chi connectivity index (χ0) is 34.0. The summed E-state index contributed by atoms with van der Waals surface area (Å²) in [5.74, 6) is 0.271. The van der Waals surface area contributed by atoms with Gasteiger partial charge in [0.25, 0.3) is 0 Å². The molecule has 0 radical (unpaired) electrons. The van der Waals surface area contributed by atoms with Crippen LogP contribution in [-0.4, -0.2) is 84.6 Å². The lowest BCUT2D eigenvalue weighted by atomic mass is 9.83. The molecule has 1 atom stereocenters. The molecule has 2 fully saturated rings. The molecule has 46 heavy (non-hydrogen) atoms. The Balaban J connectivity index is -0.000000173. The van der Waals surface area contributed by atoms with E-state index in [-0.39, 0.29) is 67.5 Å². The molecule has 2 saturated carbocycles. The number of rotatable bonds is 7. The number of esters is 2. The van der Waals surface area contributed by atoms with Crippen LogP contribution in [0.15, 0.2) is 0 Å². The van der Waals surface area contributed by atoms with Crippen LogP contribution < -0.4 is 5.73 Å². The number of carbonyl (C=O) groups is 2. The first-order valence-electron chi connectivity index (χ1n) is 15.6. The number of nitrogens with two attached hydrogens (primary N) is 1. The Morgan fingerprint density at radius 1 is 0.783 bits per heavy atom. The predicted molar refractivity (Wildman–Crippen MR) is 201 cm³/mol. The maximum absolute atomic E-state index is 12.1. The Kier molecular flexibility index (Phi) is 32.7. The lowest BCUT2D eigenvalue weighted by Crippen LogP contribution is -2.35. The summed E-state index contributed by atoms with van der Waals surface area (Å²) in [4.78, 5) is 24.8. The Hall–Kier alpha value is -0.460. The van der Waals surface area contributed by atoms with Crippen LogP contribution in [0.2, 0.25) is 0 Å². The zero-order valence-electron chi connectivity index (χ0n) is 29.3. The molecule has 0 heterocycles. The van der Waals surface area contributed by atoms with E-state index in [1.807, 2.05) is 20.8 Å². The normalized spacial score (nSPS) is 21.7. The highest BCUT2D eigenvalue weighted by molar-refractivity contribution is 8.09. The molecule has 1 unspecified atom stereocenters. The maximum atomic E-state index is 12.1. The molecule has 282 valence electrons. The average molecular weight is 744 g/mol. The van der Waals surface area contributed by atoms with E-state index < -0.39 is 24.6 Å². The second-order valence-electron chi connectivity index (χ2n) is 13.2. The van der Waals surface area contributed by atoms with Crippen molar-refractivity contribution in [3.63, 3.8) is 0 Å². The molecule has 13 heteroatoms. The Morgan fingerprint density at radius 3 is 1.30 bits per heavy atom. The first-order chi connectivity index (χ1) is 19.7. The minimum absolute atomic E-state index is 0. The quantitative estimate of drug-likeness (QED) is 0.207. The second-order valence-corrected chi connectivity index (χ2v) is 18.5. The van der Waals surface area contributed by atoms with Gasteiger partial charge in [-0.1, -0.05) is 35.6 Å². The minimum Gasteiger partial charge on any atom is -0.469 e. The molecule has 0 bridgehead atoms. The number of hydrogen-bond donors (Lipinski definition) is 1. The number of sulfone groups is 1. The Labute approximate surface area is 297 Å². The van der Waals surface area contributed by atoms with Crippen LogP contribution in [0.25, 0.3) is 0 Å². The molecule has 0 aromatic heterocycles. The number of hydrogen-bond acceptors (Lipinski definition) is 9. The summed E-state index contributed by atoms with van der Waals surface area (Å²) in [6.07, 6.45) is 6.80.